The van der Waals surface area contributed by atoms with Gasteiger partial charge in [-0.2, -0.15) is 5.10 Å². The largest absolute Gasteiger partial charge is 0.477 e. The number of pyridine rings is 1. The Kier molecular flexibility index (Phi) is 2.45. The predicted octanol–water partition coefficient (Wildman–Crippen LogP) is 1.06. The Morgan fingerprint density at radius 2 is 2.37 bits per heavy atom. The van der Waals surface area contributed by atoms with E-state index in [0.717, 1.165) is 0 Å². The number of hydrogen-bond donors (Lipinski definition) is 2. The first-order valence-electron chi connectivity index (χ1n) is 5.49. The monoisotopic (exact) mass is 259 g/mol. The van der Waals surface area contributed by atoms with E-state index in [9.17, 15) is 9.59 Å². The van der Waals surface area contributed by atoms with E-state index >= 15 is 0 Å². The number of nitrogens with one attached hydrogen (secondary N) is 1. The number of aromatic nitrogens is 3. The number of hydrogen-bond acceptors (Lipinski definition) is 4. The van der Waals surface area contributed by atoms with Crippen molar-refractivity contribution in [3.05, 3.63) is 52.3 Å². The fraction of sp³-hybridized carbons (Fsp3) is 0.0833. The summed E-state index contributed by atoms with van der Waals surface area (Å²) in [6.07, 6.45) is 4.07. The summed E-state index contributed by atoms with van der Waals surface area (Å²) in [5.41, 5.74) is -0.386. The Hall–Kier alpha value is -2.83. The van der Waals surface area contributed by atoms with Crippen molar-refractivity contribution in [1.82, 2.24) is 14.8 Å². The molecule has 0 amide bonds. The van der Waals surface area contributed by atoms with Gasteiger partial charge < -0.3 is 14.5 Å². The molecule has 0 fully saturated rings. The highest BCUT2D eigenvalue weighted by Crippen LogP contribution is 2.10. The summed E-state index contributed by atoms with van der Waals surface area (Å²) >= 11 is 0. The van der Waals surface area contributed by atoms with Crippen LogP contribution in [0.3, 0.4) is 0 Å². The molecule has 3 aromatic heterocycles. The number of carbonyl (C=O) groups is 1. The van der Waals surface area contributed by atoms with E-state index in [2.05, 4.69) is 10.1 Å². The van der Waals surface area contributed by atoms with E-state index in [1.807, 2.05) is 0 Å². The summed E-state index contributed by atoms with van der Waals surface area (Å²) < 4.78 is 6.74. The van der Waals surface area contributed by atoms with Crippen molar-refractivity contribution < 1.29 is 14.3 Å². The molecule has 0 aliphatic heterocycles. The Morgan fingerprint density at radius 3 is 3.05 bits per heavy atom. The van der Waals surface area contributed by atoms with Gasteiger partial charge in [-0.25, -0.2) is 9.48 Å². The van der Waals surface area contributed by atoms with Crippen LogP contribution in [-0.4, -0.2) is 25.8 Å². The second-order valence-corrected chi connectivity index (χ2v) is 3.98. The summed E-state index contributed by atoms with van der Waals surface area (Å²) in [6.45, 7) is 0.360. The van der Waals surface area contributed by atoms with Crippen LogP contribution in [0.4, 0.5) is 0 Å². The zero-order valence-corrected chi connectivity index (χ0v) is 9.66. The van der Waals surface area contributed by atoms with Gasteiger partial charge in [0.05, 0.1) is 17.8 Å². The number of furan rings is 1. The second kappa shape index (κ2) is 4.13. The van der Waals surface area contributed by atoms with Crippen molar-refractivity contribution >= 4 is 17.0 Å². The van der Waals surface area contributed by atoms with E-state index in [0.29, 0.717) is 18.0 Å². The van der Waals surface area contributed by atoms with Gasteiger partial charge >= 0.3 is 5.97 Å². The van der Waals surface area contributed by atoms with Gasteiger partial charge in [-0.15, -0.1) is 0 Å². The van der Waals surface area contributed by atoms with Crippen LogP contribution in [0.25, 0.3) is 11.0 Å². The first-order chi connectivity index (χ1) is 9.16. The molecule has 2 N–H and O–H groups in total. The van der Waals surface area contributed by atoms with Crippen molar-refractivity contribution in [1.29, 1.82) is 0 Å². The molecule has 3 aromatic rings. The molecular weight excluding hydrogens is 250 g/mol. The van der Waals surface area contributed by atoms with Crippen LogP contribution in [-0.2, 0) is 6.54 Å². The number of H-pyrrole nitrogens is 1. The molecule has 0 aliphatic rings. The highest BCUT2D eigenvalue weighted by atomic mass is 16.4. The van der Waals surface area contributed by atoms with Gasteiger partial charge in [0.25, 0.3) is 0 Å². The lowest BCUT2D eigenvalue weighted by Gasteiger charge is -2.01. The highest BCUT2D eigenvalue weighted by molar-refractivity contribution is 5.91. The number of fused-ring (bicyclic) bond motifs is 1. The molecule has 0 saturated heterocycles. The third-order valence-electron chi connectivity index (χ3n) is 2.80. The van der Waals surface area contributed by atoms with Crippen molar-refractivity contribution in [2.24, 2.45) is 0 Å². The highest BCUT2D eigenvalue weighted by Gasteiger charge is 2.14. The lowest BCUT2D eigenvalue weighted by molar-refractivity contribution is 0.0695. The quantitative estimate of drug-likeness (QED) is 0.732. The van der Waals surface area contributed by atoms with E-state index in [1.54, 1.807) is 23.1 Å². The van der Waals surface area contributed by atoms with Crippen LogP contribution in [0.5, 0.6) is 0 Å². The summed E-state index contributed by atoms with van der Waals surface area (Å²) in [5.74, 6) is -0.574. The number of carboxylic acid groups (broad SMARTS) is 1. The molecule has 0 atom stereocenters. The minimum Gasteiger partial charge on any atom is -0.477 e. The average Bonchev–Trinajstić information content (AvgIpc) is 3.00. The zero-order valence-electron chi connectivity index (χ0n) is 9.66. The smallest absolute Gasteiger partial charge is 0.341 e. The van der Waals surface area contributed by atoms with Gasteiger partial charge in [0.2, 0.25) is 5.43 Å². The molecule has 3 heterocycles. The van der Waals surface area contributed by atoms with Crippen LogP contribution >= 0.6 is 0 Å². The van der Waals surface area contributed by atoms with Crippen molar-refractivity contribution in [3.63, 3.8) is 0 Å². The van der Waals surface area contributed by atoms with E-state index < -0.39 is 11.4 Å². The van der Waals surface area contributed by atoms with Crippen LogP contribution in [0.2, 0.25) is 0 Å². The minimum absolute atomic E-state index is 0.242. The van der Waals surface area contributed by atoms with Crippen LogP contribution in [0.15, 0.2) is 40.0 Å². The third kappa shape index (κ3) is 1.81. The maximum atomic E-state index is 11.9. The second-order valence-electron chi connectivity index (χ2n) is 3.98. The molecule has 7 nitrogen and oxygen atoms in total. The number of nitrogens with zero attached hydrogens (tertiary/aromatic N) is 2. The normalized spacial score (nSPS) is 10.9. The molecule has 96 valence electrons. The maximum Gasteiger partial charge on any atom is 0.341 e. The third-order valence-corrected chi connectivity index (χ3v) is 2.80. The van der Waals surface area contributed by atoms with Gasteiger partial charge in [0.1, 0.15) is 23.5 Å². The molecule has 0 spiro atoms. The van der Waals surface area contributed by atoms with Crippen LogP contribution < -0.4 is 5.43 Å². The lowest BCUT2D eigenvalue weighted by atomic mass is 10.2. The Balaban J connectivity index is 2.12. The maximum absolute atomic E-state index is 11.9. The summed E-state index contributed by atoms with van der Waals surface area (Å²) in [6, 6.07) is 3.55. The SMILES string of the molecule is O=C(O)c1c[nH]c2c(cnn2Cc2ccco2)c1=O. The Bertz CT molecular complexity index is 798. The van der Waals surface area contributed by atoms with E-state index in [4.69, 9.17) is 9.52 Å². The van der Waals surface area contributed by atoms with Gasteiger partial charge in [-0.3, -0.25) is 4.79 Å². The predicted molar refractivity (Wildman–Crippen MR) is 65.1 cm³/mol. The van der Waals surface area contributed by atoms with Gasteiger partial charge in [-0.1, -0.05) is 0 Å². The number of carboxylic acids is 1. The molecule has 0 unspecified atom stereocenters. The fourth-order valence-electron chi connectivity index (χ4n) is 1.88. The average molecular weight is 259 g/mol. The summed E-state index contributed by atoms with van der Waals surface area (Å²) in [5, 5.41) is 13.2. The molecule has 7 heteroatoms. The standard InChI is InChI=1S/C12H9N3O4/c16-10-8-5-14-15(6-7-2-1-3-19-7)11(8)13-4-9(10)12(17)18/h1-5H,6H2,(H,13,16)(H,17,18). The summed E-state index contributed by atoms with van der Waals surface area (Å²) in [4.78, 5) is 25.6. The lowest BCUT2D eigenvalue weighted by Crippen LogP contribution is -2.15. The molecule has 0 aromatic carbocycles. The minimum atomic E-state index is -1.26. The zero-order chi connectivity index (χ0) is 13.4. The number of aromatic carboxylic acids is 1. The molecule has 0 aliphatic carbocycles. The topological polar surface area (TPSA) is 101 Å². The molecule has 0 bridgehead atoms. The van der Waals surface area contributed by atoms with Gasteiger partial charge in [-0.05, 0) is 12.1 Å². The van der Waals surface area contributed by atoms with Gasteiger partial charge in [0, 0.05) is 6.20 Å². The van der Waals surface area contributed by atoms with Crippen LogP contribution in [0.1, 0.15) is 16.1 Å². The molecular formula is C12H9N3O4. The Labute approximate surface area is 106 Å². The molecule has 0 radical (unpaired) electrons. The first kappa shape index (κ1) is 11.3. The van der Waals surface area contributed by atoms with Crippen molar-refractivity contribution in [2.45, 2.75) is 6.54 Å². The molecule has 3 rings (SSSR count). The van der Waals surface area contributed by atoms with Crippen LogP contribution in [0, 0.1) is 0 Å². The van der Waals surface area contributed by atoms with E-state index in [1.165, 1.54) is 12.4 Å². The fourth-order valence-corrected chi connectivity index (χ4v) is 1.88. The summed E-state index contributed by atoms with van der Waals surface area (Å²) in [7, 11) is 0. The number of rotatable bonds is 3. The molecule has 0 saturated carbocycles. The van der Waals surface area contributed by atoms with E-state index in [-0.39, 0.29) is 10.9 Å². The van der Waals surface area contributed by atoms with Crippen molar-refractivity contribution in [3.8, 4) is 0 Å². The Morgan fingerprint density at radius 1 is 1.53 bits per heavy atom. The van der Waals surface area contributed by atoms with Gasteiger partial charge in [0.15, 0.2) is 0 Å². The molecule has 19 heavy (non-hydrogen) atoms. The first-order valence-corrected chi connectivity index (χ1v) is 5.49. The number of aromatic amines is 1. The van der Waals surface area contributed by atoms with Crippen molar-refractivity contribution in [2.75, 3.05) is 0 Å².